The van der Waals surface area contributed by atoms with Gasteiger partial charge in [0.1, 0.15) is 17.8 Å². The Hall–Kier alpha value is -2.50. The van der Waals surface area contributed by atoms with Crippen LogP contribution < -0.4 is 16.2 Å². The van der Waals surface area contributed by atoms with Gasteiger partial charge in [-0.3, -0.25) is 4.79 Å². The first-order chi connectivity index (χ1) is 10.1. The molecule has 0 bridgehead atoms. The Balaban J connectivity index is 2.14. The lowest BCUT2D eigenvalue weighted by atomic mass is 10.1. The molecule has 5 heteroatoms. The minimum Gasteiger partial charge on any atom is -0.457 e. The number of carbonyl (C=O) groups excluding carboxylic acids is 2. The van der Waals surface area contributed by atoms with Crippen LogP contribution in [0.5, 0.6) is 11.5 Å². The zero-order valence-corrected chi connectivity index (χ0v) is 11.4. The topological polar surface area (TPSA) is 95.4 Å². The van der Waals surface area contributed by atoms with E-state index in [1.807, 2.05) is 0 Å². The number of ketones is 1. The third kappa shape index (κ3) is 3.75. The van der Waals surface area contributed by atoms with Crippen molar-refractivity contribution in [3.05, 3.63) is 59.7 Å². The largest absolute Gasteiger partial charge is 0.457 e. The van der Waals surface area contributed by atoms with Gasteiger partial charge in [-0.15, -0.1) is 0 Å². The number of benzene rings is 2. The van der Waals surface area contributed by atoms with Gasteiger partial charge in [-0.05, 0) is 42.0 Å². The molecule has 1 atom stereocenters. The third-order valence-corrected chi connectivity index (χ3v) is 2.99. The molecule has 0 heterocycles. The smallest absolute Gasteiger partial charge is 0.176 e. The van der Waals surface area contributed by atoms with Gasteiger partial charge in [0.25, 0.3) is 0 Å². The van der Waals surface area contributed by atoms with Crippen molar-refractivity contribution in [1.82, 2.24) is 0 Å². The fourth-order valence-corrected chi connectivity index (χ4v) is 1.83. The predicted molar refractivity (Wildman–Crippen MR) is 79.3 cm³/mol. The number of hydrogen-bond acceptors (Lipinski definition) is 5. The molecule has 0 aromatic heterocycles. The number of nitrogens with two attached hydrogens (primary N) is 2. The molecular formula is C16H16N2O3. The monoisotopic (exact) mass is 284 g/mol. The maximum atomic E-state index is 11.4. The van der Waals surface area contributed by atoms with Crippen LogP contribution >= 0.6 is 0 Å². The summed E-state index contributed by atoms with van der Waals surface area (Å²) in [6.45, 7) is -0.0220. The molecule has 1 unspecified atom stereocenters. The molecule has 108 valence electrons. The normalized spacial score (nSPS) is 11.7. The minimum absolute atomic E-state index is 0.0220. The van der Waals surface area contributed by atoms with Gasteiger partial charge in [-0.1, -0.05) is 12.1 Å². The van der Waals surface area contributed by atoms with Crippen molar-refractivity contribution in [2.75, 3.05) is 6.54 Å². The summed E-state index contributed by atoms with van der Waals surface area (Å²) in [6, 6.07) is 13.0. The van der Waals surface area contributed by atoms with Crippen molar-refractivity contribution in [2.24, 2.45) is 11.5 Å². The van der Waals surface area contributed by atoms with Gasteiger partial charge in [0.05, 0.1) is 12.6 Å². The van der Waals surface area contributed by atoms with Crippen molar-refractivity contribution in [3.8, 4) is 11.5 Å². The molecule has 21 heavy (non-hydrogen) atoms. The van der Waals surface area contributed by atoms with Crippen LogP contribution in [0.3, 0.4) is 0 Å². The third-order valence-electron chi connectivity index (χ3n) is 2.99. The zero-order chi connectivity index (χ0) is 15.2. The molecule has 2 aromatic carbocycles. The molecule has 2 aromatic rings. The maximum Gasteiger partial charge on any atom is 0.176 e. The average molecular weight is 284 g/mol. The fraction of sp³-hybridized carbons (Fsp3) is 0.125. The van der Waals surface area contributed by atoms with E-state index in [2.05, 4.69) is 0 Å². The Labute approximate surface area is 122 Å². The summed E-state index contributed by atoms with van der Waals surface area (Å²) in [6.07, 6.45) is 0.673. The summed E-state index contributed by atoms with van der Waals surface area (Å²) in [5, 5.41) is 0. The Bertz CT molecular complexity index is 638. The molecule has 0 fully saturated rings. The van der Waals surface area contributed by atoms with Crippen LogP contribution in [0.15, 0.2) is 48.5 Å². The van der Waals surface area contributed by atoms with Gasteiger partial charge in [0.15, 0.2) is 5.78 Å². The highest BCUT2D eigenvalue weighted by Gasteiger charge is 2.07. The highest BCUT2D eigenvalue weighted by atomic mass is 16.5. The molecule has 4 N–H and O–H groups in total. The molecule has 5 nitrogen and oxygen atoms in total. The van der Waals surface area contributed by atoms with E-state index >= 15 is 0 Å². The number of hydrogen-bond donors (Lipinski definition) is 2. The van der Waals surface area contributed by atoms with Crippen LogP contribution in [0.25, 0.3) is 0 Å². The molecule has 2 rings (SSSR count). The number of carbonyl (C=O) groups is 2. The minimum atomic E-state index is -0.668. The van der Waals surface area contributed by atoms with Crippen LogP contribution in [-0.4, -0.2) is 18.6 Å². The number of ether oxygens (including phenoxy) is 1. The summed E-state index contributed by atoms with van der Waals surface area (Å²) in [5.74, 6) is 1.03. The van der Waals surface area contributed by atoms with Gasteiger partial charge in [-0.2, -0.15) is 0 Å². The predicted octanol–water partition coefficient (Wildman–Crippen LogP) is 1.82. The first kappa shape index (κ1) is 14.9. The molecule has 0 saturated heterocycles. The lowest BCUT2D eigenvalue weighted by Crippen LogP contribution is -2.13. The molecule has 0 aliphatic heterocycles. The molecule has 0 amide bonds. The van der Waals surface area contributed by atoms with Crippen LogP contribution in [0.2, 0.25) is 0 Å². The average Bonchev–Trinajstić information content (AvgIpc) is 2.54. The SMILES string of the molecule is NCC(=O)c1ccc(Oc2cccc(C(N)C=O)c2)cc1. The number of rotatable bonds is 6. The quantitative estimate of drug-likeness (QED) is 0.623. The lowest BCUT2D eigenvalue weighted by molar-refractivity contribution is -0.109. The summed E-state index contributed by atoms with van der Waals surface area (Å²) in [7, 11) is 0. The van der Waals surface area contributed by atoms with Crippen LogP contribution in [0, 0.1) is 0 Å². The van der Waals surface area contributed by atoms with Crippen molar-refractivity contribution < 1.29 is 14.3 Å². The highest BCUT2D eigenvalue weighted by molar-refractivity contribution is 5.97. The molecule has 0 aliphatic rings. The molecule has 0 aliphatic carbocycles. The first-order valence-corrected chi connectivity index (χ1v) is 6.46. The van der Waals surface area contributed by atoms with Gasteiger partial charge in [0, 0.05) is 5.56 Å². The fourth-order valence-electron chi connectivity index (χ4n) is 1.83. The molecule has 0 saturated carbocycles. The van der Waals surface area contributed by atoms with Crippen molar-refractivity contribution in [3.63, 3.8) is 0 Å². The highest BCUT2D eigenvalue weighted by Crippen LogP contribution is 2.24. The summed E-state index contributed by atoms with van der Waals surface area (Å²) < 4.78 is 5.67. The van der Waals surface area contributed by atoms with Gasteiger partial charge < -0.3 is 21.0 Å². The van der Waals surface area contributed by atoms with Crippen molar-refractivity contribution >= 4 is 12.1 Å². The second-order valence-corrected chi connectivity index (χ2v) is 4.49. The van der Waals surface area contributed by atoms with Crippen molar-refractivity contribution in [1.29, 1.82) is 0 Å². The van der Waals surface area contributed by atoms with E-state index in [0.717, 1.165) is 0 Å². The second kappa shape index (κ2) is 6.78. The summed E-state index contributed by atoms with van der Waals surface area (Å²) >= 11 is 0. The van der Waals surface area contributed by atoms with E-state index in [-0.39, 0.29) is 12.3 Å². The van der Waals surface area contributed by atoms with Crippen LogP contribution in [-0.2, 0) is 4.79 Å². The van der Waals surface area contributed by atoms with E-state index in [1.165, 1.54) is 0 Å². The van der Waals surface area contributed by atoms with E-state index < -0.39 is 6.04 Å². The Morgan fingerprint density at radius 2 is 1.86 bits per heavy atom. The van der Waals surface area contributed by atoms with E-state index in [0.29, 0.717) is 28.9 Å². The Morgan fingerprint density at radius 3 is 2.48 bits per heavy atom. The van der Waals surface area contributed by atoms with Gasteiger partial charge in [-0.25, -0.2) is 0 Å². The summed E-state index contributed by atoms with van der Waals surface area (Å²) in [5.41, 5.74) is 12.2. The number of Topliss-reactive ketones (excluding diaryl/α,β-unsaturated/α-hetero) is 1. The Morgan fingerprint density at radius 1 is 1.14 bits per heavy atom. The maximum absolute atomic E-state index is 11.4. The van der Waals surface area contributed by atoms with Gasteiger partial charge >= 0.3 is 0 Å². The lowest BCUT2D eigenvalue weighted by Gasteiger charge is -2.09. The molecule has 0 spiro atoms. The van der Waals surface area contributed by atoms with E-state index in [9.17, 15) is 9.59 Å². The molecular weight excluding hydrogens is 268 g/mol. The second-order valence-electron chi connectivity index (χ2n) is 4.49. The standard InChI is InChI=1S/C16H16N2O3/c17-9-16(20)11-4-6-13(7-5-11)21-14-3-1-2-12(8-14)15(18)10-19/h1-8,10,15H,9,17-18H2. The van der Waals surface area contributed by atoms with E-state index in [4.69, 9.17) is 16.2 Å². The van der Waals surface area contributed by atoms with Crippen molar-refractivity contribution in [2.45, 2.75) is 6.04 Å². The summed E-state index contributed by atoms with van der Waals surface area (Å²) in [4.78, 5) is 22.1. The van der Waals surface area contributed by atoms with Crippen LogP contribution in [0.1, 0.15) is 22.0 Å². The zero-order valence-electron chi connectivity index (χ0n) is 11.4. The van der Waals surface area contributed by atoms with E-state index in [1.54, 1.807) is 48.5 Å². The first-order valence-electron chi connectivity index (χ1n) is 6.46. The Kier molecular flexibility index (Phi) is 4.81. The molecule has 0 radical (unpaired) electrons. The van der Waals surface area contributed by atoms with Crippen LogP contribution in [0.4, 0.5) is 0 Å². The van der Waals surface area contributed by atoms with Gasteiger partial charge in [0.2, 0.25) is 0 Å². The number of aldehydes is 1.